The first-order valence-electron chi connectivity index (χ1n) is 6.16. The summed E-state index contributed by atoms with van der Waals surface area (Å²) in [5.74, 6) is 0.688. The smallest absolute Gasteiger partial charge is 0.171 e. The highest BCUT2D eigenvalue weighted by Gasteiger charge is 2.13. The summed E-state index contributed by atoms with van der Waals surface area (Å²) in [5.41, 5.74) is 3.24. The number of halogens is 2. The third-order valence-corrected chi connectivity index (χ3v) is 5.28. The van der Waals surface area contributed by atoms with Gasteiger partial charge in [0.2, 0.25) is 0 Å². The van der Waals surface area contributed by atoms with Crippen molar-refractivity contribution in [2.45, 2.75) is 20.8 Å². The van der Waals surface area contributed by atoms with Crippen molar-refractivity contribution in [1.29, 1.82) is 0 Å². The SMILES string of the molecule is Cc1cc(Br)c2nc(-c3cc(C)c(C)s3)nc(Cl)c2c1. The van der Waals surface area contributed by atoms with E-state index in [4.69, 9.17) is 11.6 Å². The largest absolute Gasteiger partial charge is 0.226 e. The second-order valence-electron chi connectivity index (χ2n) is 4.83. The van der Waals surface area contributed by atoms with Gasteiger partial charge in [-0.2, -0.15) is 0 Å². The molecule has 3 rings (SSSR count). The molecule has 3 aromatic rings. The molecule has 0 unspecified atom stereocenters. The van der Waals surface area contributed by atoms with Gasteiger partial charge in [0.15, 0.2) is 5.82 Å². The first-order valence-corrected chi connectivity index (χ1v) is 8.15. The topological polar surface area (TPSA) is 25.8 Å². The van der Waals surface area contributed by atoms with E-state index in [-0.39, 0.29) is 0 Å². The van der Waals surface area contributed by atoms with Gasteiger partial charge in [-0.25, -0.2) is 9.97 Å². The Balaban J connectivity index is 2.29. The van der Waals surface area contributed by atoms with Crippen LogP contribution < -0.4 is 0 Å². The molecule has 0 radical (unpaired) electrons. The van der Waals surface area contributed by atoms with Crippen molar-refractivity contribution in [2.75, 3.05) is 0 Å². The van der Waals surface area contributed by atoms with Gasteiger partial charge in [0.05, 0.1) is 10.4 Å². The summed E-state index contributed by atoms with van der Waals surface area (Å²) in [4.78, 5) is 11.5. The van der Waals surface area contributed by atoms with Crippen LogP contribution in [0.1, 0.15) is 16.0 Å². The molecule has 20 heavy (non-hydrogen) atoms. The van der Waals surface area contributed by atoms with Gasteiger partial charge in [-0.3, -0.25) is 0 Å². The number of benzene rings is 1. The number of nitrogens with zero attached hydrogens (tertiary/aromatic N) is 2. The predicted molar refractivity (Wildman–Crippen MR) is 89.8 cm³/mol. The molecule has 1 aromatic carbocycles. The summed E-state index contributed by atoms with van der Waals surface area (Å²) < 4.78 is 0.947. The average molecular weight is 368 g/mol. The van der Waals surface area contributed by atoms with Crippen LogP contribution in [-0.2, 0) is 0 Å². The van der Waals surface area contributed by atoms with E-state index in [0.717, 1.165) is 25.8 Å². The standard InChI is InChI=1S/C15H12BrClN2S/c1-7-4-10-13(11(16)5-7)18-15(19-14(10)17)12-6-8(2)9(3)20-12/h4-6H,1-3H3. The Bertz CT molecular complexity index is 807. The van der Waals surface area contributed by atoms with Crippen LogP contribution in [0.4, 0.5) is 0 Å². The fourth-order valence-corrected chi connectivity index (χ4v) is 3.94. The van der Waals surface area contributed by atoms with Gasteiger partial charge in [-0.05, 0) is 66.0 Å². The molecule has 0 amide bonds. The van der Waals surface area contributed by atoms with Crippen molar-refractivity contribution in [3.63, 3.8) is 0 Å². The molecule has 2 heterocycles. The Morgan fingerprint density at radius 3 is 2.50 bits per heavy atom. The monoisotopic (exact) mass is 366 g/mol. The van der Waals surface area contributed by atoms with Gasteiger partial charge >= 0.3 is 0 Å². The first-order chi connectivity index (χ1) is 9.45. The van der Waals surface area contributed by atoms with E-state index in [1.54, 1.807) is 11.3 Å². The van der Waals surface area contributed by atoms with E-state index in [2.05, 4.69) is 45.8 Å². The normalized spacial score (nSPS) is 11.2. The molecule has 0 N–H and O–H groups in total. The van der Waals surface area contributed by atoms with Gasteiger partial charge < -0.3 is 0 Å². The van der Waals surface area contributed by atoms with Gasteiger partial charge in [-0.1, -0.05) is 11.6 Å². The van der Waals surface area contributed by atoms with Crippen LogP contribution in [0, 0.1) is 20.8 Å². The van der Waals surface area contributed by atoms with Crippen molar-refractivity contribution in [3.05, 3.63) is 43.8 Å². The molecule has 0 spiro atoms. The zero-order chi connectivity index (χ0) is 14.4. The summed E-state index contributed by atoms with van der Waals surface area (Å²) >= 11 is 11.6. The second kappa shape index (κ2) is 5.10. The van der Waals surface area contributed by atoms with Crippen molar-refractivity contribution < 1.29 is 0 Å². The maximum absolute atomic E-state index is 6.34. The van der Waals surface area contributed by atoms with E-state index in [1.807, 2.05) is 19.1 Å². The minimum atomic E-state index is 0.498. The summed E-state index contributed by atoms with van der Waals surface area (Å²) in [5, 5.41) is 1.38. The Kier molecular flexibility index (Phi) is 3.56. The highest BCUT2D eigenvalue weighted by molar-refractivity contribution is 9.10. The van der Waals surface area contributed by atoms with E-state index in [9.17, 15) is 0 Å². The van der Waals surface area contributed by atoms with Crippen molar-refractivity contribution in [1.82, 2.24) is 9.97 Å². The Labute approximate surface area is 135 Å². The second-order valence-corrected chi connectivity index (χ2v) is 7.30. The molecule has 0 aliphatic rings. The van der Waals surface area contributed by atoms with E-state index < -0.39 is 0 Å². The number of fused-ring (bicyclic) bond motifs is 1. The molecule has 2 aromatic heterocycles. The molecule has 0 saturated heterocycles. The quantitative estimate of drug-likeness (QED) is 0.516. The summed E-state index contributed by atoms with van der Waals surface area (Å²) in [7, 11) is 0. The lowest BCUT2D eigenvalue weighted by molar-refractivity contribution is 1.23. The Morgan fingerprint density at radius 1 is 1.10 bits per heavy atom. The van der Waals surface area contributed by atoms with Crippen LogP contribution >= 0.6 is 38.9 Å². The van der Waals surface area contributed by atoms with Crippen molar-refractivity contribution in [3.8, 4) is 10.7 Å². The molecule has 0 aliphatic carbocycles. The number of aromatic nitrogens is 2. The van der Waals surface area contributed by atoms with Crippen molar-refractivity contribution in [2.24, 2.45) is 0 Å². The lowest BCUT2D eigenvalue weighted by Crippen LogP contribution is -1.92. The summed E-state index contributed by atoms with van der Waals surface area (Å²) in [6.45, 7) is 6.23. The number of thiophene rings is 1. The minimum absolute atomic E-state index is 0.498. The van der Waals surface area contributed by atoms with Crippen LogP contribution in [0.15, 0.2) is 22.7 Å². The third kappa shape index (κ3) is 2.36. The Hall–Kier alpha value is -0.970. The molecule has 0 aliphatic heterocycles. The number of aryl methyl sites for hydroxylation is 3. The van der Waals surface area contributed by atoms with Gasteiger partial charge in [0, 0.05) is 14.7 Å². The average Bonchev–Trinajstić information content (AvgIpc) is 2.71. The molecule has 2 nitrogen and oxygen atoms in total. The summed E-state index contributed by atoms with van der Waals surface area (Å²) in [6.07, 6.45) is 0. The van der Waals surface area contributed by atoms with Crippen LogP contribution in [0.2, 0.25) is 5.15 Å². The van der Waals surface area contributed by atoms with Crippen LogP contribution in [0.5, 0.6) is 0 Å². The molecule has 0 fully saturated rings. The van der Waals surface area contributed by atoms with Crippen LogP contribution in [-0.4, -0.2) is 9.97 Å². The van der Waals surface area contributed by atoms with Gasteiger partial charge in [-0.15, -0.1) is 11.3 Å². The van der Waals surface area contributed by atoms with E-state index in [0.29, 0.717) is 11.0 Å². The van der Waals surface area contributed by atoms with Gasteiger partial charge in [0.25, 0.3) is 0 Å². The molecule has 0 bridgehead atoms. The van der Waals surface area contributed by atoms with E-state index >= 15 is 0 Å². The minimum Gasteiger partial charge on any atom is -0.226 e. The third-order valence-electron chi connectivity index (χ3n) is 3.24. The summed E-state index contributed by atoms with van der Waals surface area (Å²) in [6, 6.07) is 6.16. The predicted octanol–water partition coefficient (Wildman–Crippen LogP) is 5.70. The molecular weight excluding hydrogens is 356 g/mol. The first kappa shape index (κ1) is 14.0. The fourth-order valence-electron chi connectivity index (χ4n) is 2.08. The maximum atomic E-state index is 6.34. The number of hydrogen-bond donors (Lipinski definition) is 0. The van der Waals surface area contributed by atoms with Crippen LogP contribution in [0.3, 0.4) is 0 Å². The molecular formula is C15H12BrClN2S. The lowest BCUT2D eigenvalue weighted by atomic mass is 10.2. The molecule has 0 saturated carbocycles. The van der Waals surface area contributed by atoms with Crippen LogP contribution in [0.25, 0.3) is 21.6 Å². The lowest BCUT2D eigenvalue weighted by Gasteiger charge is -2.06. The zero-order valence-corrected chi connectivity index (χ0v) is 14.4. The highest BCUT2D eigenvalue weighted by atomic mass is 79.9. The van der Waals surface area contributed by atoms with E-state index in [1.165, 1.54) is 10.4 Å². The van der Waals surface area contributed by atoms with Crippen molar-refractivity contribution >= 4 is 49.8 Å². The Morgan fingerprint density at radius 2 is 1.85 bits per heavy atom. The molecule has 0 atom stereocenters. The molecule has 5 heteroatoms. The molecule has 102 valence electrons. The number of rotatable bonds is 1. The zero-order valence-electron chi connectivity index (χ0n) is 11.3. The maximum Gasteiger partial charge on any atom is 0.171 e. The number of hydrogen-bond acceptors (Lipinski definition) is 3. The van der Waals surface area contributed by atoms with Gasteiger partial charge in [0.1, 0.15) is 5.15 Å². The fraction of sp³-hybridized carbons (Fsp3) is 0.200. The highest BCUT2D eigenvalue weighted by Crippen LogP contribution is 2.33.